The Balaban J connectivity index is 1.35. The van der Waals surface area contributed by atoms with E-state index in [2.05, 4.69) is 38.8 Å². The third-order valence-electron chi connectivity index (χ3n) is 6.08. The molecule has 5 nitrogen and oxygen atoms in total. The van der Waals surface area contributed by atoms with Crippen LogP contribution in [0.25, 0.3) is 0 Å². The summed E-state index contributed by atoms with van der Waals surface area (Å²) in [7, 11) is 0. The van der Waals surface area contributed by atoms with Crippen LogP contribution < -0.4 is 4.90 Å². The average Bonchev–Trinajstić information content (AvgIpc) is 3.22. The van der Waals surface area contributed by atoms with Crippen molar-refractivity contribution in [2.45, 2.75) is 51.0 Å². The van der Waals surface area contributed by atoms with Gasteiger partial charge < -0.3 is 9.47 Å². The van der Waals surface area contributed by atoms with Gasteiger partial charge in [-0.05, 0) is 62.3 Å². The van der Waals surface area contributed by atoms with Gasteiger partial charge in [-0.25, -0.2) is 9.97 Å². The summed E-state index contributed by atoms with van der Waals surface area (Å²) in [4.78, 5) is 16.7. The minimum absolute atomic E-state index is 0.435. The first-order chi connectivity index (χ1) is 13.9. The summed E-state index contributed by atoms with van der Waals surface area (Å²) in [5.74, 6) is 2.76. The number of piperidine rings is 1. The van der Waals surface area contributed by atoms with Crippen LogP contribution in [0.15, 0.2) is 48.9 Å². The number of imidazole rings is 1. The number of rotatable bonds is 4. The summed E-state index contributed by atoms with van der Waals surface area (Å²) in [6.07, 6.45) is 13.1. The molecule has 1 aliphatic heterocycles. The van der Waals surface area contributed by atoms with Gasteiger partial charge in [-0.2, -0.15) is 0 Å². The van der Waals surface area contributed by atoms with Gasteiger partial charge in [-0.15, -0.1) is 0 Å². The predicted molar refractivity (Wildman–Crippen MR) is 111 cm³/mol. The molecule has 0 aromatic carbocycles. The Hall–Kier alpha value is -2.69. The number of pyridine rings is 2. The van der Waals surface area contributed by atoms with Crippen molar-refractivity contribution in [2.24, 2.45) is 0 Å². The normalized spacial score (nSPS) is 19.4. The van der Waals surface area contributed by atoms with Crippen molar-refractivity contribution >= 4 is 5.82 Å². The second-order valence-electron chi connectivity index (χ2n) is 8.00. The smallest absolute Gasteiger partial charge is 0.128 e. The van der Waals surface area contributed by atoms with Crippen molar-refractivity contribution in [1.82, 2.24) is 19.5 Å². The lowest BCUT2D eigenvalue weighted by molar-refractivity contribution is 0.473. The van der Waals surface area contributed by atoms with Crippen LogP contribution in [-0.2, 0) is 19.4 Å². The molecule has 5 rings (SSSR count). The molecule has 28 heavy (non-hydrogen) atoms. The maximum atomic E-state index is 5.03. The molecule has 0 radical (unpaired) electrons. The van der Waals surface area contributed by atoms with Crippen molar-refractivity contribution in [1.29, 1.82) is 0 Å². The van der Waals surface area contributed by atoms with Gasteiger partial charge in [0.15, 0.2) is 0 Å². The van der Waals surface area contributed by atoms with E-state index < -0.39 is 0 Å². The molecule has 0 spiro atoms. The molecule has 5 heteroatoms. The Morgan fingerprint density at radius 2 is 1.93 bits per heavy atom. The van der Waals surface area contributed by atoms with Gasteiger partial charge in [-0.3, -0.25) is 4.98 Å². The first-order valence-electron chi connectivity index (χ1n) is 10.5. The summed E-state index contributed by atoms with van der Waals surface area (Å²) in [5.41, 5.74) is 3.85. The largest absolute Gasteiger partial charge is 0.356 e. The lowest BCUT2D eigenvalue weighted by Crippen LogP contribution is -2.36. The molecular formula is C23H27N5. The molecular weight excluding hydrogens is 346 g/mol. The molecule has 1 saturated heterocycles. The van der Waals surface area contributed by atoms with Crippen molar-refractivity contribution in [3.05, 3.63) is 71.7 Å². The minimum atomic E-state index is 0.435. The Labute approximate surface area is 166 Å². The number of hydrogen-bond donors (Lipinski definition) is 0. The van der Waals surface area contributed by atoms with Crippen molar-refractivity contribution in [3.63, 3.8) is 0 Å². The molecule has 0 bridgehead atoms. The summed E-state index contributed by atoms with van der Waals surface area (Å²) in [5, 5.41) is 0. The van der Waals surface area contributed by atoms with E-state index in [1.807, 2.05) is 24.5 Å². The predicted octanol–water partition coefficient (Wildman–Crippen LogP) is 3.98. The summed E-state index contributed by atoms with van der Waals surface area (Å²) < 4.78 is 2.26. The SMILES string of the molecule is c1ccc(Cn2ccnc2[C@H]2CCCN(c3ccc4c(n3)CCCC4)C2)nc1. The van der Waals surface area contributed by atoms with Crippen LogP contribution in [-0.4, -0.2) is 32.6 Å². The topological polar surface area (TPSA) is 46.8 Å². The van der Waals surface area contributed by atoms with Crippen molar-refractivity contribution in [3.8, 4) is 0 Å². The zero-order valence-corrected chi connectivity index (χ0v) is 16.3. The molecule has 0 amide bonds. The molecule has 144 valence electrons. The van der Waals surface area contributed by atoms with Crippen molar-refractivity contribution in [2.75, 3.05) is 18.0 Å². The molecule has 1 atom stereocenters. The van der Waals surface area contributed by atoms with Crippen molar-refractivity contribution < 1.29 is 0 Å². The number of aryl methyl sites for hydroxylation is 2. The van der Waals surface area contributed by atoms with Gasteiger partial charge in [0.25, 0.3) is 0 Å². The first-order valence-corrected chi connectivity index (χ1v) is 10.5. The van der Waals surface area contributed by atoms with E-state index in [0.29, 0.717) is 5.92 Å². The van der Waals surface area contributed by atoms with Gasteiger partial charge >= 0.3 is 0 Å². The molecule has 4 heterocycles. The van der Waals surface area contributed by atoms with Crippen LogP contribution in [0.2, 0.25) is 0 Å². The van der Waals surface area contributed by atoms with Crippen LogP contribution in [0.3, 0.4) is 0 Å². The summed E-state index contributed by atoms with van der Waals surface area (Å²) in [6, 6.07) is 10.6. The van der Waals surface area contributed by atoms with Gasteiger partial charge in [0.05, 0.1) is 12.2 Å². The zero-order valence-electron chi connectivity index (χ0n) is 16.3. The standard InChI is InChI=1S/C23H27N5/c1-2-9-21-18(6-1)10-11-22(26-21)27-14-5-7-19(16-27)23-25-13-15-28(23)17-20-8-3-4-12-24-20/h3-4,8,10-13,15,19H,1-2,5-7,9,14,16-17H2/t19-/m0/s1. The zero-order chi connectivity index (χ0) is 18.8. The molecule has 0 saturated carbocycles. The lowest BCUT2D eigenvalue weighted by Gasteiger charge is -2.34. The lowest BCUT2D eigenvalue weighted by atomic mass is 9.95. The second-order valence-corrected chi connectivity index (χ2v) is 8.00. The van der Waals surface area contributed by atoms with E-state index in [1.165, 1.54) is 49.2 Å². The van der Waals surface area contributed by atoms with E-state index in [-0.39, 0.29) is 0 Å². The van der Waals surface area contributed by atoms with Crippen LogP contribution in [0, 0.1) is 0 Å². The monoisotopic (exact) mass is 373 g/mol. The van der Waals surface area contributed by atoms with Crippen LogP contribution in [0.5, 0.6) is 0 Å². The Morgan fingerprint density at radius 3 is 2.86 bits per heavy atom. The highest BCUT2D eigenvalue weighted by Crippen LogP contribution is 2.30. The van der Waals surface area contributed by atoms with Gasteiger partial charge in [0.2, 0.25) is 0 Å². The van der Waals surface area contributed by atoms with Crippen LogP contribution >= 0.6 is 0 Å². The third kappa shape index (κ3) is 3.53. The Bertz CT molecular complexity index is 933. The summed E-state index contributed by atoms with van der Waals surface area (Å²) in [6.45, 7) is 2.86. The second kappa shape index (κ2) is 7.74. The maximum Gasteiger partial charge on any atom is 0.128 e. The van der Waals surface area contributed by atoms with E-state index in [9.17, 15) is 0 Å². The van der Waals surface area contributed by atoms with Crippen LogP contribution in [0.1, 0.15) is 54.4 Å². The highest BCUT2D eigenvalue weighted by atomic mass is 15.2. The van der Waals surface area contributed by atoms with Gasteiger partial charge in [0.1, 0.15) is 11.6 Å². The quantitative estimate of drug-likeness (QED) is 0.694. The first kappa shape index (κ1) is 17.4. The fraction of sp³-hybridized carbons (Fsp3) is 0.435. The molecule has 2 aliphatic rings. The molecule has 1 aliphatic carbocycles. The number of fused-ring (bicyclic) bond motifs is 1. The van der Waals surface area contributed by atoms with E-state index >= 15 is 0 Å². The maximum absolute atomic E-state index is 5.03. The number of hydrogen-bond acceptors (Lipinski definition) is 4. The van der Waals surface area contributed by atoms with E-state index in [0.717, 1.165) is 37.6 Å². The molecule has 3 aromatic rings. The summed E-state index contributed by atoms with van der Waals surface area (Å²) >= 11 is 0. The molecule has 0 unspecified atom stereocenters. The average molecular weight is 374 g/mol. The number of aromatic nitrogens is 4. The van der Waals surface area contributed by atoms with E-state index in [1.54, 1.807) is 0 Å². The highest BCUT2D eigenvalue weighted by Gasteiger charge is 2.26. The Morgan fingerprint density at radius 1 is 0.964 bits per heavy atom. The fourth-order valence-corrected chi connectivity index (χ4v) is 4.62. The van der Waals surface area contributed by atoms with E-state index in [4.69, 9.17) is 9.97 Å². The van der Waals surface area contributed by atoms with Gasteiger partial charge in [0, 0.05) is 43.3 Å². The fourth-order valence-electron chi connectivity index (χ4n) is 4.62. The Kier molecular flexibility index (Phi) is 4.81. The van der Waals surface area contributed by atoms with Crippen LogP contribution in [0.4, 0.5) is 5.82 Å². The molecule has 3 aromatic heterocycles. The number of nitrogens with zero attached hydrogens (tertiary/aromatic N) is 5. The molecule has 0 N–H and O–H groups in total. The third-order valence-corrected chi connectivity index (χ3v) is 6.08. The highest BCUT2D eigenvalue weighted by molar-refractivity contribution is 5.43. The molecule has 1 fully saturated rings. The number of anilines is 1. The van der Waals surface area contributed by atoms with Gasteiger partial charge in [-0.1, -0.05) is 12.1 Å². The minimum Gasteiger partial charge on any atom is -0.356 e.